The average Bonchev–Trinajstić information content (AvgIpc) is 2.98. The molecule has 0 fully saturated rings. The van der Waals surface area contributed by atoms with Crippen LogP contribution in [0, 0.1) is 12.8 Å². The lowest BCUT2D eigenvalue weighted by Gasteiger charge is -2.31. The Bertz CT molecular complexity index is 693. The second kappa shape index (κ2) is 8.70. The maximum absolute atomic E-state index is 12.5. The molecule has 1 aromatic carbocycles. The van der Waals surface area contributed by atoms with Crippen molar-refractivity contribution in [1.82, 2.24) is 19.8 Å². The number of carbonyl (C=O) groups is 1. The molecule has 1 unspecified atom stereocenters. The number of aromatic nitrogens is 2. The van der Waals surface area contributed by atoms with Crippen LogP contribution in [0.15, 0.2) is 36.7 Å². The fraction of sp³-hybridized carbons (Fsp3) is 0.500. The highest BCUT2D eigenvalue weighted by molar-refractivity contribution is 5.74. The maximum atomic E-state index is 12.5. The van der Waals surface area contributed by atoms with Gasteiger partial charge in [-0.1, -0.05) is 38.1 Å². The summed E-state index contributed by atoms with van der Waals surface area (Å²) < 4.78 is 2.11. The number of nitrogens with one attached hydrogen (secondary N) is 1. The van der Waals surface area contributed by atoms with Crippen molar-refractivity contribution in [2.75, 3.05) is 6.54 Å². The van der Waals surface area contributed by atoms with Gasteiger partial charge in [0.15, 0.2) is 0 Å². The van der Waals surface area contributed by atoms with Gasteiger partial charge < -0.3 is 14.8 Å². The van der Waals surface area contributed by atoms with Crippen molar-refractivity contribution in [2.45, 2.75) is 53.8 Å². The van der Waals surface area contributed by atoms with Crippen molar-refractivity contribution in [3.8, 4) is 0 Å². The van der Waals surface area contributed by atoms with Crippen LogP contribution in [-0.2, 0) is 13.1 Å². The molecule has 1 N–H and O–H groups in total. The third-order valence-electron chi connectivity index (χ3n) is 4.77. The van der Waals surface area contributed by atoms with Gasteiger partial charge in [0.1, 0.15) is 5.82 Å². The Morgan fingerprint density at radius 3 is 2.60 bits per heavy atom. The van der Waals surface area contributed by atoms with Crippen LogP contribution >= 0.6 is 0 Å². The Hall–Kier alpha value is -2.30. The maximum Gasteiger partial charge on any atom is 0.317 e. The smallest absolute Gasteiger partial charge is 0.317 e. The number of rotatable bonds is 7. The van der Waals surface area contributed by atoms with E-state index in [4.69, 9.17) is 0 Å². The van der Waals surface area contributed by atoms with Crippen LogP contribution < -0.4 is 5.32 Å². The summed E-state index contributed by atoms with van der Waals surface area (Å²) in [5.74, 6) is 1.44. The van der Waals surface area contributed by atoms with Crippen molar-refractivity contribution in [3.05, 3.63) is 53.6 Å². The number of carbonyl (C=O) groups excluding carboxylic acids is 1. The molecule has 1 aromatic heterocycles. The normalized spacial score (nSPS) is 12.2. The molecule has 0 saturated heterocycles. The van der Waals surface area contributed by atoms with E-state index in [2.05, 4.69) is 47.8 Å². The minimum Gasteiger partial charge on any atom is -0.334 e. The van der Waals surface area contributed by atoms with Crippen LogP contribution in [0.4, 0.5) is 4.79 Å². The molecule has 0 bridgehead atoms. The Kier molecular flexibility index (Phi) is 6.62. The predicted octanol–water partition coefficient (Wildman–Crippen LogP) is 3.82. The summed E-state index contributed by atoms with van der Waals surface area (Å²) in [7, 11) is 0. The van der Waals surface area contributed by atoms with Crippen LogP contribution in [0.1, 0.15) is 44.6 Å². The zero-order chi connectivity index (χ0) is 18.4. The highest BCUT2D eigenvalue weighted by atomic mass is 16.2. The molecule has 0 aliphatic rings. The number of benzene rings is 1. The summed E-state index contributed by atoms with van der Waals surface area (Å²) in [6.07, 6.45) is 3.80. The van der Waals surface area contributed by atoms with E-state index in [9.17, 15) is 4.79 Å². The molecule has 0 radical (unpaired) electrons. The van der Waals surface area contributed by atoms with Crippen molar-refractivity contribution in [3.63, 3.8) is 0 Å². The van der Waals surface area contributed by atoms with Crippen LogP contribution in [0.5, 0.6) is 0 Å². The first kappa shape index (κ1) is 19.0. The number of urea groups is 1. The van der Waals surface area contributed by atoms with E-state index in [0.29, 0.717) is 19.0 Å². The average molecular weight is 342 g/mol. The molecular formula is C20H30N4O. The first-order valence-corrected chi connectivity index (χ1v) is 9.02. The molecule has 0 saturated carbocycles. The molecule has 1 heterocycles. The van der Waals surface area contributed by atoms with Gasteiger partial charge in [0, 0.05) is 38.1 Å². The summed E-state index contributed by atoms with van der Waals surface area (Å²) in [5.41, 5.74) is 2.31. The van der Waals surface area contributed by atoms with Crippen LogP contribution in [0.25, 0.3) is 0 Å². The molecule has 136 valence electrons. The van der Waals surface area contributed by atoms with Gasteiger partial charge in [-0.3, -0.25) is 0 Å². The second-order valence-electron chi connectivity index (χ2n) is 6.85. The molecular weight excluding hydrogens is 312 g/mol. The number of aryl methyl sites for hydroxylation is 1. The quantitative estimate of drug-likeness (QED) is 0.832. The van der Waals surface area contributed by atoms with E-state index >= 15 is 0 Å². The number of hydrogen-bond donors (Lipinski definition) is 1. The lowest BCUT2D eigenvalue weighted by atomic mass is 10.1. The fourth-order valence-corrected chi connectivity index (χ4v) is 2.86. The largest absolute Gasteiger partial charge is 0.334 e. The van der Waals surface area contributed by atoms with Gasteiger partial charge in [0.25, 0.3) is 0 Å². The number of amides is 2. The zero-order valence-corrected chi connectivity index (χ0v) is 16.0. The fourth-order valence-electron chi connectivity index (χ4n) is 2.86. The molecule has 0 aliphatic carbocycles. The van der Waals surface area contributed by atoms with E-state index in [0.717, 1.165) is 17.9 Å². The van der Waals surface area contributed by atoms with Crippen LogP contribution in [-0.4, -0.2) is 33.1 Å². The summed E-state index contributed by atoms with van der Waals surface area (Å²) >= 11 is 0. The predicted molar refractivity (Wildman–Crippen MR) is 101 cm³/mol. The summed E-state index contributed by atoms with van der Waals surface area (Å²) in [6, 6.07) is 8.55. The topological polar surface area (TPSA) is 50.2 Å². The highest BCUT2D eigenvalue weighted by Crippen LogP contribution is 2.11. The third kappa shape index (κ3) is 5.08. The van der Waals surface area contributed by atoms with Crippen molar-refractivity contribution < 1.29 is 4.79 Å². The minimum absolute atomic E-state index is 0.000410. The Balaban J connectivity index is 1.97. The van der Waals surface area contributed by atoms with E-state index in [1.165, 1.54) is 5.56 Å². The lowest BCUT2D eigenvalue weighted by molar-refractivity contribution is 0.165. The SMILES string of the molecule is CCN(C(=O)NCc1cccc(Cn2ccnc2C)c1)C(C)C(C)C. The molecule has 2 aromatic rings. The number of imidazole rings is 1. The number of nitrogens with zero attached hydrogens (tertiary/aromatic N) is 3. The molecule has 5 nitrogen and oxygen atoms in total. The second-order valence-corrected chi connectivity index (χ2v) is 6.85. The summed E-state index contributed by atoms with van der Waals surface area (Å²) in [4.78, 5) is 18.6. The molecule has 2 rings (SSSR count). The van der Waals surface area contributed by atoms with Crippen LogP contribution in [0.3, 0.4) is 0 Å². The van der Waals surface area contributed by atoms with Gasteiger partial charge in [-0.15, -0.1) is 0 Å². The van der Waals surface area contributed by atoms with Gasteiger partial charge >= 0.3 is 6.03 Å². The Labute approximate surface area is 151 Å². The van der Waals surface area contributed by atoms with Crippen molar-refractivity contribution in [1.29, 1.82) is 0 Å². The van der Waals surface area contributed by atoms with E-state index in [1.807, 2.05) is 43.3 Å². The summed E-state index contributed by atoms with van der Waals surface area (Å²) in [5, 5.41) is 3.05. The van der Waals surface area contributed by atoms with Gasteiger partial charge in [-0.05, 0) is 37.8 Å². The van der Waals surface area contributed by atoms with E-state index in [-0.39, 0.29) is 12.1 Å². The minimum atomic E-state index is -0.000410. The Morgan fingerprint density at radius 1 is 1.28 bits per heavy atom. The van der Waals surface area contributed by atoms with Gasteiger partial charge in [-0.2, -0.15) is 0 Å². The highest BCUT2D eigenvalue weighted by Gasteiger charge is 2.20. The molecule has 0 aliphatic heterocycles. The molecule has 1 atom stereocenters. The van der Waals surface area contributed by atoms with Gasteiger partial charge in [0.05, 0.1) is 0 Å². The van der Waals surface area contributed by atoms with Gasteiger partial charge in [0.2, 0.25) is 0 Å². The molecule has 25 heavy (non-hydrogen) atoms. The van der Waals surface area contributed by atoms with Crippen molar-refractivity contribution >= 4 is 6.03 Å². The molecule has 0 spiro atoms. The van der Waals surface area contributed by atoms with E-state index < -0.39 is 0 Å². The first-order valence-electron chi connectivity index (χ1n) is 9.02. The van der Waals surface area contributed by atoms with E-state index in [1.54, 1.807) is 0 Å². The third-order valence-corrected chi connectivity index (χ3v) is 4.77. The molecule has 2 amide bonds. The number of hydrogen-bond acceptors (Lipinski definition) is 2. The Morgan fingerprint density at radius 2 is 2.00 bits per heavy atom. The van der Waals surface area contributed by atoms with Gasteiger partial charge in [-0.25, -0.2) is 9.78 Å². The summed E-state index contributed by atoms with van der Waals surface area (Å²) in [6.45, 7) is 12.4. The lowest BCUT2D eigenvalue weighted by Crippen LogP contribution is -2.46. The standard InChI is InChI=1S/C20H30N4O/c1-6-24(16(4)15(2)3)20(25)22-13-18-8-7-9-19(12-18)14-23-11-10-21-17(23)5/h7-12,15-16H,6,13-14H2,1-5H3,(H,22,25). The zero-order valence-electron chi connectivity index (χ0n) is 16.0. The van der Waals surface area contributed by atoms with Crippen LogP contribution in [0.2, 0.25) is 0 Å². The van der Waals surface area contributed by atoms with Crippen molar-refractivity contribution in [2.24, 2.45) is 5.92 Å². The monoisotopic (exact) mass is 342 g/mol. The first-order chi connectivity index (χ1) is 11.9. The molecule has 5 heteroatoms.